The lowest BCUT2D eigenvalue weighted by Gasteiger charge is -2.29. The Bertz CT molecular complexity index is 933. The molecule has 1 aliphatic heterocycles. The van der Waals surface area contributed by atoms with E-state index in [4.69, 9.17) is 5.73 Å². The average molecular weight is 428 g/mol. The Hall–Kier alpha value is -2.58. The fourth-order valence-corrected chi connectivity index (χ4v) is 4.14. The van der Waals surface area contributed by atoms with E-state index < -0.39 is 12.1 Å². The quantitative estimate of drug-likeness (QED) is 0.489. The van der Waals surface area contributed by atoms with E-state index in [-0.39, 0.29) is 24.3 Å². The van der Waals surface area contributed by atoms with Crippen LogP contribution in [-0.4, -0.2) is 59.8 Å². The van der Waals surface area contributed by atoms with E-state index in [0.717, 1.165) is 17.2 Å². The van der Waals surface area contributed by atoms with E-state index in [2.05, 4.69) is 10.3 Å². The normalized spacial score (nSPS) is 17.9. The summed E-state index contributed by atoms with van der Waals surface area (Å²) in [4.78, 5) is 30.6. The van der Waals surface area contributed by atoms with Crippen LogP contribution in [0.15, 0.2) is 47.5 Å². The summed E-state index contributed by atoms with van der Waals surface area (Å²) in [6.45, 7) is 0.384. The monoisotopic (exact) mass is 427 g/mol. The second-order valence-electron chi connectivity index (χ2n) is 7.27. The van der Waals surface area contributed by atoms with Gasteiger partial charge in [0, 0.05) is 6.54 Å². The van der Waals surface area contributed by atoms with Gasteiger partial charge in [-0.1, -0.05) is 30.3 Å². The van der Waals surface area contributed by atoms with Crippen LogP contribution in [-0.2, 0) is 9.59 Å². The molecular formula is C22H27N4O3S-. The zero-order valence-corrected chi connectivity index (χ0v) is 17.9. The minimum absolute atomic E-state index is 0.129. The number of amides is 2. The number of likely N-dealkylation sites (tertiary alicyclic amines) is 1. The van der Waals surface area contributed by atoms with Crippen molar-refractivity contribution in [2.24, 2.45) is 10.7 Å². The summed E-state index contributed by atoms with van der Waals surface area (Å²) < 4.78 is 0. The van der Waals surface area contributed by atoms with Gasteiger partial charge in [-0.25, -0.2) is 0 Å². The number of hydrogen-bond acceptors (Lipinski definition) is 6. The van der Waals surface area contributed by atoms with Gasteiger partial charge in [-0.3, -0.25) is 14.6 Å². The summed E-state index contributed by atoms with van der Waals surface area (Å²) in [6, 6.07) is 12.1. The van der Waals surface area contributed by atoms with Gasteiger partial charge >= 0.3 is 0 Å². The van der Waals surface area contributed by atoms with Gasteiger partial charge in [0.2, 0.25) is 11.8 Å². The Morgan fingerprint density at radius 2 is 2.07 bits per heavy atom. The zero-order valence-electron chi connectivity index (χ0n) is 17.0. The maximum Gasteiger partial charge on any atom is 0.243 e. The smallest absolute Gasteiger partial charge is 0.243 e. The number of aliphatic imine (C=N–C) groups is 1. The highest BCUT2D eigenvalue weighted by Crippen LogP contribution is 2.22. The number of thioether (sulfide) groups is 1. The zero-order chi connectivity index (χ0) is 21.5. The number of fused-ring (bicyclic) bond motifs is 1. The van der Waals surface area contributed by atoms with Gasteiger partial charge in [0.15, 0.2) is 0 Å². The molecule has 2 atom stereocenters. The van der Waals surface area contributed by atoms with E-state index in [1.807, 2.05) is 42.7 Å². The lowest BCUT2D eigenvalue weighted by Crippen LogP contribution is -2.53. The second kappa shape index (κ2) is 10.4. The standard InChI is InChI=1S/C22H28N4O3S/c1-30-12-10-18(25-22(29)19-7-4-11-26(19)20(27)14-23)21(28)24-17-9-8-15-5-2-3-6-16(15)13-17/h2-3,5-6,8-9,13,18-19H,4,7,10-12,14,23H2,1H3,(H,24,28)(H,25,29)/p-1/t18-,19-/m0/s1. The first-order valence-electron chi connectivity index (χ1n) is 10.1. The number of nitrogens with two attached hydrogens (primary N) is 1. The maximum atomic E-state index is 12.9. The highest BCUT2D eigenvalue weighted by molar-refractivity contribution is 7.98. The average Bonchev–Trinajstić information content (AvgIpc) is 3.26. The van der Waals surface area contributed by atoms with E-state index in [1.54, 1.807) is 17.8 Å². The van der Waals surface area contributed by atoms with Crippen molar-refractivity contribution in [2.75, 3.05) is 25.1 Å². The van der Waals surface area contributed by atoms with Crippen molar-refractivity contribution < 1.29 is 14.7 Å². The Kier molecular flexibility index (Phi) is 7.70. The van der Waals surface area contributed by atoms with Crippen molar-refractivity contribution in [2.45, 2.75) is 31.3 Å². The summed E-state index contributed by atoms with van der Waals surface area (Å²) in [5.74, 6) is -0.245. The minimum atomic E-state index is -0.730. The second-order valence-corrected chi connectivity index (χ2v) is 8.26. The van der Waals surface area contributed by atoms with Crippen molar-refractivity contribution >= 4 is 45.9 Å². The molecule has 0 aromatic heterocycles. The van der Waals surface area contributed by atoms with Crippen molar-refractivity contribution in [3.05, 3.63) is 42.5 Å². The Morgan fingerprint density at radius 1 is 1.30 bits per heavy atom. The minimum Gasteiger partial charge on any atom is -0.860 e. The molecule has 2 amide bonds. The van der Waals surface area contributed by atoms with Crippen LogP contribution >= 0.6 is 11.8 Å². The number of nitrogens with one attached hydrogen (secondary N) is 1. The molecule has 1 fully saturated rings. The third-order valence-corrected chi connectivity index (χ3v) is 5.89. The van der Waals surface area contributed by atoms with Gasteiger partial charge in [-0.15, -0.1) is 0 Å². The Labute approximate surface area is 180 Å². The van der Waals surface area contributed by atoms with E-state index in [1.165, 1.54) is 4.90 Å². The van der Waals surface area contributed by atoms with E-state index in [9.17, 15) is 14.7 Å². The third-order valence-electron chi connectivity index (χ3n) is 5.25. The van der Waals surface area contributed by atoms with E-state index in [0.29, 0.717) is 30.8 Å². The number of hydrogen-bond donors (Lipinski definition) is 2. The van der Waals surface area contributed by atoms with Gasteiger partial charge < -0.3 is 21.1 Å². The molecule has 1 saturated heterocycles. The van der Waals surface area contributed by atoms with Crippen LogP contribution in [0.1, 0.15) is 19.3 Å². The molecule has 0 saturated carbocycles. The van der Waals surface area contributed by atoms with Crippen molar-refractivity contribution in [3.8, 4) is 0 Å². The molecule has 2 aromatic rings. The number of nitrogens with zero attached hydrogens (tertiary/aromatic N) is 2. The number of carbonyl (C=O) groups is 2. The predicted molar refractivity (Wildman–Crippen MR) is 120 cm³/mol. The highest BCUT2D eigenvalue weighted by atomic mass is 32.2. The van der Waals surface area contributed by atoms with Crippen LogP contribution in [0.25, 0.3) is 10.8 Å². The van der Waals surface area contributed by atoms with E-state index >= 15 is 0 Å². The molecule has 7 nitrogen and oxygen atoms in total. The Morgan fingerprint density at radius 3 is 2.80 bits per heavy atom. The van der Waals surface area contributed by atoms with Crippen molar-refractivity contribution in [3.63, 3.8) is 0 Å². The first-order valence-corrected chi connectivity index (χ1v) is 11.5. The first-order chi connectivity index (χ1) is 14.5. The highest BCUT2D eigenvalue weighted by Gasteiger charge is 2.34. The van der Waals surface area contributed by atoms with Crippen molar-refractivity contribution in [1.29, 1.82) is 0 Å². The molecule has 1 aliphatic rings. The van der Waals surface area contributed by atoms with Gasteiger partial charge in [-0.05, 0) is 60.1 Å². The summed E-state index contributed by atoms with van der Waals surface area (Å²) in [5.41, 5.74) is 6.02. The van der Waals surface area contributed by atoms with Gasteiger partial charge in [0.25, 0.3) is 0 Å². The molecule has 0 spiro atoms. The molecule has 160 valence electrons. The first kappa shape index (κ1) is 22.1. The van der Waals surface area contributed by atoms with Crippen LogP contribution < -0.4 is 16.2 Å². The summed E-state index contributed by atoms with van der Waals surface area (Å²) in [7, 11) is 0. The van der Waals surface area contributed by atoms with Crippen LogP contribution in [0.3, 0.4) is 0 Å². The number of carbonyl (C=O) groups excluding carboxylic acids is 2. The van der Waals surface area contributed by atoms with Crippen LogP contribution in [0.5, 0.6) is 0 Å². The lowest BCUT2D eigenvalue weighted by molar-refractivity contribution is -0.221. The van der Waals surface area contributed by atoms with Crippen LogP contribution in [0.2, 0.25) is 0 Å². The van der Waals surface area contributed by atoms with Gasteiger partial charge in [0.05, 0.1) is 18.3 Å². The molecule has 1 heterocycles. The molecule has 0 aliphatic carbocycles. The molecule has 0 radical (unpaired) electrons. The Balaban J connectivity index is 1.77. The topological polar surface area (TPSA) is 111 Å². The maximum absolute atomic E-state index is 12.9. The largest absolute Gasteiger partial charge is 0.860 e. The SMILES string of the molecule is CSCC[C@H](NC(=O)[C@@H]1CCCN1C(=O)CN)C([O-])=Nc1ccc2ccccc2c1. The molecule has 3 rings (SSSR count). The fourth-order valence-electron chi connectivity index (χ4n) is 3.67. The summed E-state index contributed by atoms with van der Waals surface area (Å²) in [5, 5.41) is 17.8. The summed E-state index contributed by atoms with van der Waals surface area (Å²) >= 11 is 1.60. The van der Waals surface area contributed by atoms with Crippen molar-refractivity contribution in [1.82, 2.24) is 10.2 Å². The predicted octanol–water partition coefficient (Wildman–Crippen LogP) is 1.42. The molecular weight excluding hydrogens is 400 g/mol. The number of rotatable bonds is 8. The molecule has 30 heavy (non-hydrogen) atoms. The molecule has 0 unspecified atom stereocenters. The third kappa shape index (κ3) is 5.31. The number of benzene rings is 2. The molecule has 8 heteroatoms. The molecule has 3 N–H and O–H groups in total. The van der Waals surface area contributed by atoms with Crippen LogP contribution in [0, 0.1) is 0 Å². The summed E-state index contributed by atoms with van der Waals surface area (Å²) in [6.07, 6.45) is 3.74. The lowest BCUT2D eigenvalue weighted by atomic mass is 10.1. The van der Waals surface area contributed by atoms with Gasteiger partial charge in [0.1, 0.15) is 6.04 Å². The van der Waals surface area contributed by atoms with Gasteiger partial charge in [-0.2, -0.15) is 11.8 Å². The molecule has 0 bridgehead atoms. The van der Waals surface area contributed by atoms with Crippen LogP contribution in [0.4, 0.5) is 5.69 Å². The molecule has 2 aromatic carbocycles. The fraction of sp³-hybridized carbons (Fsp3) is 0.409.